The van der Waals surface area contributed by atoms with Gasteiger partial charge in [0.2, 0.25) is 0 Å². The zero-order valence-corrected chi connectivity index (χ0v) is 12.7. The van der Waals surface area contributed by atoms with Crippen molar-refractivity contribution in [3.05, 3.63) is 53.6 Å². The highest BCUT2D eigenvalue weighted by atomic mass is 16.5. The van der Waals surface area contributed by atoms with E-state index < -0.39 is 0 Å². The average Bonchev–Trinajstić information content (AvgIpc) is 2.53. The van der Waals surface area contributed by atoms with Gasteiger partial charge in [0.15, 0.2) is 17.3 Å². The lowest BCUT2D eigenvalue weighted by atomic mass is 10.0. The molecule has 0 heterocycles. The van der Waals surface area contributed by atoms with Crippen molar-refractivity contribution < 1.29 is 14.3 Å². The van der Waals surface area contributed by atoms with Crippen molar-refractivity contribution in [2.45, 2.75) is 0 Å². The van der Waals surface area contributed by atoms with Crippen LogP contribution in [0.1, 0.15) is 15.9 Å². The predicted molar refractivity (Wildman–Crippen MR) is 83.7 cm³/mol. The van der Waals surface area contributed by atoms with Crippen molar-refractivity contribution >= 4 is 11.5 Å². The molecule has 0 aliphatic carbocycles. The molecule has 0 aromatic heterocycles. The summed E-state index contributed by atoms with van der Waals surface area (Å²) in [6.07, 6.45) is 0. The van der Waals surface area contributed by atoms with Crippen LogP contribution in [0.4, 0.5) is 5.69 Å². The first kappa shape index (κ1) is 14.9. The maximum Gasteiger partial charge on any atom is 0.193 e. The van der Waals surface area contributed by atoms with Crippen molar-refractivity contribution in [1.29, 1.82) is 0 Å². The Morgan fingerprint density at radius 2 is 1.57 bits per heavy atom. The van der Waals surface area contributed by atoms with Crippen LogP contribution in [-0.2, 0) is 0 Å². The van der Waals surface area contributed by atoms with Gasteiger partial charge in [-0.1, -0.05) is 12.1 Å². The number of hydrogen-bond acceptors (Lipinski definition) is 4. The Bertz CT molecular complexity index is 650. The molecule has 0 aliphatic heterocycles. The zero-order chi connectivity index (χ0) is 15.4. The van der Waals surface area contributed by atoms with E-state index in [9.17, 15) is 4.79 Å². The van der Waals surface area contributed by atoms with Gasteiger partial charge in [0, 0.05) is 30.9 Å². The van der Waals surface area contributed by atoms with Crippen LogP contribution in [0.15, 0.2) is 42.5 Å². The summed E-state index contributed by atoms with van der Waals surface area (Å²) in [5.41, 5.74) is 2.21. The number of methoxy groups -OCH3 is 2. The van der Waals surface area contributed by atoms with Crippen LogP contribution >= 0.6 is 0 Å². The van der Waals surface area contributed by atoms with Crippen molar-refractivity contribution in [3.8, 4) is 11.5 Å². The monoisotopic (exact) mass is 285 g/mol. The van der Waals surface area contributed by atoms with Crippen molar-refractivity contribution in [1.82, 2.24) is 0 Å². The molecule has 2 aromatic rings. The second-order valence-electron chi connectivity index (χ2n) is 4.84. The van der Waals surface area contributed by atoms with E-state index >= 15 is 0 Å². The second-order valence-corrected chi connectivity index (χ2v) is 4.84. The third kappa shape index (κ3) is 3.16. The summed E-state index contributed by atoms with van der Waals surface area (Å²) >= 11 is 0. The maximum atomic E-state index is 12.6. The van der Waals surface area contributed by atoms with Gasteiger partial charge >= 0.3 is 0 Å². The minimum absolute atomic E-state index is 0.0420. The largest absolute Gasteiger partial charge is 0.493 e. The molecule has 2 rings (SSSR count). The number of benzene rings is 2. The molecule has 0 amide bonds. The highest BCUT2D eigenvalue weighted by Crippen LogP contribution is 2.28. The molecule has 0 saturated carbocycles. The molecular weight excluding hydrogens is 266 g/mol. The first-order valence-corrected chi connectivity index (χ1v) is 6.61. The van der Waals surface area contributed by atoms with Gasteiger partial charge in [0.05, 0.1) is 14.2 Å². The molecule has 0 N–H and O–H groups in total. The summed E-state index contributed by atoms with van der Waals surface area (Å²) < 4.78 is 10.4. The minimum Gasteiger partial charge on any atom is -0.493 e. The Hall–Kier alpha value is -2.49. The molecule has 0 bridgehead atoms. The predicted octanol–water partition coefficient (Wildman–Crippen LogP) is 3.00. The van der Waals surface area contributed by atoms with E-state index in [-0.39, 0.29) is 5.78 Å². The van der Waals surface area contributed by atoms with E-state index in [0.717, 1.165) is 5.69 Å². The minimum atomic E-state index is -0.0420. The summed E-state index contributed by atoms with van der Waals surface area (Å²) in [5, 5.41) is 0. The van der Waals surface area contributed by atoms with Crippen molar-refractivity contribution in [2.75, 3.05) is 33.2 Å². The lowest BCUT2D eigenvalue weighted by molar-refractivity contribution is 0.103. The third-order valence-corrected chi connectivity index (χ3v) is 3.27. The van der Waals surface area contributed by atoms with Gasteiger partial charge in [-0.05, 0) is 30.3 Å². The van der Waals surface area contributed by atoms with Crippen LogP contribution in [0.3, 0.4) is 0 Å². The maximum absolute atomic E-state index is 12.6. The number of rotatable bonds is 5. The molecule has 21 heavy (non-hydrogen) atoms. The number of ketones is 1. The molecule has 0 saturated heterocycles. The SMILES string of the molecule is COc1ccc(C(=O)c2cccc(N(C)C)c2)cc1OC. The van der Waals surface area contributed by atoms with Crippen LogP contribution in [0.5, 0.6) is 11.5 Å². The lowest BCUT2D eigenvalue weighted by Crippen LogP contribution is -2.10. The highest BCUT2D eigenvalue weighted by molar-refractivity contribution is 6.09. The smallest absolute Gasteiger partial charge is 0.193 e. The molecule has 0 atom stereocenters. The fourth-order valence-corrected chi connectivity index (χ4v) is 2.07. The van der Waals surface area contributed by atoms with Gasteiger partial charge in [0.1, 0.15) is 0 Å². The second kappa shape index (κ2) is 6.31. The van der Waals surface area contributed by atoms with E-state index in [1.54, 1.807) is 32.4 Å². The first-order chi connectivity index (χ1) is 10.1. The van der Waals surface area contributed by atoms with E-state index in [0.29, 0.717) is 22.6 Å². The van der Waals surface area contributed by atoms with E-state index in [2.05, 4.69) is 0 Å². The average molecular weight is 285 g/mol. The van der Waals surface area contributed by atoms with Crippen LogP contribution in [0.2, 0.25) is 0 Å². The summed E-state index contributed by atoms with van der Waals surface area (Å²) in [6.45, 7) is 0. The van der Waals surface area contributed by atoms with Crippen molar-refractivity contribution in [2.24, 2.45) is 0 Å². The highest BCUT2D eigenvalue weighted by Gasteiger charge is 2.13. The number of carbonyl (C=O) groups excluding carboxylic acids is 1. The fraction of sp³-hybridized carbons (Fsp3) is 0.235. The Morgan fingerprint density at radius 1 is 0.905 bits per heavy atom. The van der Waals surface area contributed by atoms with Crippen LogP contribution in [0.25, 0.3) is 0 Å². The number of anilines is 1. The molecular formula is C17H19NO3. The number of hydrogen-bond donors (Lipinski definition) is 0. The summed E-state index contributed by atoms with van der Waals surface area (Å²) in [6, 6.07) is 12.7. The Balaban J connectivity index is 2.38. The molecule has 0 aliphatic rings. The quantitative estimate of drug-likeness (QED) is 0.792. The van der Waals surface area contributed by atoms with Gasteiger partial charge in [-0.3, -0.25) is 4.79 Å². The fourth-order valence-electron chi connectivity index (χ4n) is 2.07. The Kier molecular flexibility index (Phi) is 4.48. The van der Waals surface area contributed by atoms with Crippen LogP contribution < -0.4 is 14.4 Å². The zero-order valence-electron chi connectivity index (χ0n) is 12.7. The van der Waals surface area contributed by atoms with Gasteiger partial charge < -0.3 is 14.4 Å². The van der Waals surface area contributed by atoms with E-state index in [1.165, 1.54) is 0 Å². The summed E-state index contributed by atoms with van der Waals surface area (Å²) in [7, 11) is 7.01. The third-order valence-electron chi connectivity index (χ3n) is 3.27. The lowest BCUT2D eigenvalue weighted by Gasteiger charge is -2.13. The molecule has 0 radical (unpaired) electrons. The molecule has 0 spiro atoms. The number of ether oxygens (including phenoxy) is 2. The number of nitrogens with zero attached hydrogens (tertiary/aromatic N) is 1. The summed E-state index contributed by atoms with van der Waals surface area (Å²) in [5.74, 6) is 1.11. The summed E-state index contributed by atoms with van der Waals surface area (Å²) in [4.78, 5) is 14.5. The van der Waals surface area contributed by atoms with Crippen molar-refractivity contribution in [3.63, 3.8) is 0 Å². The number of carbonyl (C=O) groups is 1. The van der Waals surface area contributed by atoms with E-state index in [1.807, 2.05) is 43.3 Å². The Labute approximate surface area is 124 Å². The van der Waals surface area contributed by atoms with Gasteiger partial charge in [-0.25, -0.2) is 0 Å². The van der Waals surface area contributed by atoms with E-state index in [4.69, 9.17) is 9.47 Å². The molecule has 0 unspecified atom stereocenters. The Morgan fingerprint density at radius 3 is 2.19 bits per heavy atom. The molecule has 110 valence electrons. The molecule has 4 heteroatoms. The van der Waals surface area contributed by atoms with Gasteiger partial charge in [-0.15, -0.1) is 0 Å². The molecule has 4 nitrogen and oxygen atoms in total. The standard InChI is InChI=1S/C17H19NO3/c1-18(2)14-7-5-6-12(10-14)17(19)13-8-9-15(20-3)16(11-13)21-4/h5-11H,1-4H3. The molecule has 2 aromatic carbocycles. The van der Waals surface area contributed by atoms with Gasteiger partial charge in [-0.2, -0.15) is 0 Å². The van der Waals surface area contributed by atoms with Crippen LogP contribution in [0, 0.1) is 0 Å². The normalized spacial score (nSPS) is 10.1. The first-order valence-electron chi connectivity index (χ1n) is 6.61. The molecule has 0 fully saturated rings. The van der Waals surface area contributed by atoms with Crippen LogP contribution in [-0.4, -0.2) is 34.1 Å². The topological polar surface area (TPSA) is 38.8 Å². The van der Waals surface area contributed by atoms with Gasteiger partial charge in [0.25, 0.3) is 0 Å².